The summed E-state index contributed by atoms with van der Waals surface area (Å²) in [7, 11) is 0. The lowest BCUT2D eigenvalue weighted by Gasteiger charge is -2.30. The number of hydrogen-bond donors (Lipinski definition) is 1. The zero-order chi connectivity index (χ0) is 38.4. The lowest BCUT2D eigenvalue weighted by molar-refractivity contribution is 0.262. The highest BCUT2D eigenvalue weighted by Gasteiger charge is 2.59. The van der Waals surface area contributed by atoms with Gasteiger partial charge < -0.3 is 4.98 Å². The Kier molecular flexibility index (Phi) is 1.06. The van der Waals surface area contributed by atoms with Crippen molar-refractivity contribution in [3.8, 4) is 0 Å². The molecule has 2 aromatic rings. The second-order valence-electron chi connectivity index (χ2n) is 5.85. The molecule has 140 valence electrons. The van der Waals surface area contributed by atoms with Gasteiger partial charge in [-0.1, -0.05) is 13.7 Å². The summed E-state index contributed by atoms with van der Waals surface area (Å²) in [5.74, 6) is -13.3. The fourth-order valence-corrected chi connectivity index (χ4v) is 3.31. The van der Waals surface area contributed by atoms with Crippen LogP contribution >= 0.6 is 0 Å². The van der Waals surface area contributed by atoms with E-state index in [-0.39, 0.29) is 4.57 Å². The van der Waals surface area contributed by atoms with Gasteiger partial charge in [0.25, 0.3) is 5.56 Å². The molecule has 4 bridgehead atoms. The van der Waals surface area contributed by atoms with Gasteiger partial charge in [-0.05, 0) is 62.3 Å². The van der Waals surface area contributed by atoms with Crippen molar-refractivity contribution < 1.29 is 31.5 Å². The first-order valence-corrected chi connectivity index (χ1v) is 7.64. The van der Waals surface area contributed by atoms with E-state index in [4.69, 9.17) is 30.2 Å². The smallest absolute Gasteiger partial charge is 0.332 e. The van der Waals surface area contributed by atoms with Crippen molar-refractivity contribution in [3.63, 3.8) is 0 Å². The fourth-order valence-electron chi connectivity index (χ4n) is 3.31. The van der Waals surface area contributed by atoms with E-state index in [1.165, 1.54) is 0 Å². The van der Waals surface area contributed by atoms with Crippen LogP contribution in [-0.4, -0.2) is 19.1 Å². The summed E-state index contributed by atoms with van der Waals surface area (Å²) < 4.78 is 193. The summed E-state index contributed by atoms with van der Waals surface area (Å²) in [5.41, 5.74) is -9.92. The van der Waals surface area contributed by atoms with Gasteiger partial charge in [-0.25, -0.2) is 9.78 Å². The number of rotatable bonds is 5. The van der Waals surface area contributed by atoms with E-state index in [9.17, 15) is 11.0 Å². The molecule has 6 heteroatoms. The molecule has 2 unspecified atom stereocenters. The minimum atomic E-state index is -4.07. The van der Waals surface area contributed by atoms with Gasteiger partial charge in [-0.2, -0.15) is 0 Å². The maximum atomic E-state index is 13.9. The highest BCUT2D eigenvalue weighted by atomic mass is 16.2. The van der Waals surface area contributed by atoms with Crippen LogP contribution in [0.25, 0.3) is 11.2 Å². The molecule has 0 amide bonds. The van der Waals surface area contributed by atoms with Crippen LogP contribution in [0.15, 0.2) is 9.59 Å². The van der Waals surface area contributed by atoms with Crippen molar-refractivity contribution in [1.82, 2.24) is 19.1 Å². The lowest BCUT2D eigenvalue weighted by Crippen LogP contribution is -2.40. The van der Waals surface area contributed by atoms with Crippen LogP contribution < -0.4 is 11.2 Å². The molecule has 0 saturated heterocycles. The molecule has 0 radical (unpaired) electrons. The maximum Gasteiger partial charge on any atom is 0.332 e. The van der Waals surface area contributed by atoms with Crippen LogP contribution in [0.2, 0.25) is 0 Å². The monoisotopic (exact) mass is 379 g/mol. The Morgan fingerprint density at radius 3 is 2.85 bits per heavy atom. The van der Waals surface area contributed by atoms with Gasteiger partial charge in [0.1, 0.15) is 11.3 Å². The standard InChI is InChI=1S/C20H28N4O2/c1-3-5-23-16-15(17(25)24(6-4-2)19(23)26)21-18(22-16)20-10-12-7-13(11-20)9-14(20)8-12/h12-14H,3-11H2,1-2H3,(H,21,22)/i1D3,2D3,4D2,6D2,7D2,8D2,9D2,10D2,11D2,12D,13D,14D. The van der Waals surface area contributed by atoms with Crippen LogP contribution in [0.4, 0.5) is 0 Å². The number of hydrogen-bond acceptors (Lipinski definition) is 3. The van der Waals surface area contributed by atoms with E-state index in [0.717, 1.165) is 0 Å². The molecule has 2 aromatic heterocycles. The summed E-state index contributed by atoms with van der Waals surface area (Å²) in [6.45, 7) is -11.8. The maximum absolute atomic E-state index is 13.9. The molecule has 6 nitrogen and oxygen atoms in total. The first-order chi connectivity index (χ1) is 21.4. The second kappa shape index (κ2) is 5.57. The van der Waals surface area contributed by atoms with Crippen molar-refractivity contribution >= 4 is 11.2 Å². The van der Waals surface area contributed by atoms with Crippen LogP contribution in [-0.2, 0) is 18.5 Å². The topological polar surface area (TPSA) is 72.7 Å². The predicted molar refractivity (Wildman–Crippen MR) is 100 cm³/mol. The minimum absolute atomic E-state index is 0.226. The highest BCUT2D eigenvalue weighted by molar-refractivity contribution is 5.70. The number of aromatic amines is 1. The second-order valence-corrected chi connectivity index (χ2v) is 5.85. The Morgan fingerprint density at radius 1 is 1.31 bits per heavy atom. The number of fused-ring (bicyclic) bond motifs is 1. The third-order valence-corrected chi connectivity index (χ3v) is 4.39. The summed E-state index contributed by atoms with van der Waals surface area (Å²) in [6.07, 6.45) is -25.1. The molecule has 0 spiro atoms. The van der Waals surface area contributed by atoms with Gasteiger partial charge in [0.15, 0.2) is 5.65 Å². The Morgan fingerprint density at radius 2 is 2.12 bits per heavy atom. The van der Waals surface area contributed by atoms with Crippen LogP contribution in [0.1, 0.15) is 95.7 Å². The molecule has 2 atom stereocenters. The van der Waals surface area contributed by atoms with E-state index in [2.05, 4.69) is 9.97 Å². The predicted octanol–water partition coefficient (Wildman–Crippen LogP) is 2.78. The molecule has 0 aromatic carbocycles. The summed E-state index contributed by atoms with van der Waals surface area (Å²) >= 11 is 0. The number of aryl methyl sites for hydroxylation is 1. The molecule has 26 heavy (non-hydrogen) atoms. The normalized spacial score (nSPS) is 65.5. The van der Waals surface area contributed by atoms with Crippen LogP contribution in [0.5, 0.6) is 0 Å². The molecule has 6 rings (SSSR count). The van der Waals surface area contributed by atoms with Gasteiger partial charge >= 0.3 is 5.69 Å². The largest absolute Gasteiger partial charge is 0.336 e. The van der Waals surface area contributed by atoms with E-state index in [0.29, 0.717) is 0 Å². The number of nitrogens with one attached hydrogen (secondary N) is 1. The number of H-pyrrole nitrogens is 1. The molecule has 2 heterocycles. The zero-order valence-electron chi connectivity index (χ0n) is 36.1. The van der Waals surface area contributed by atoms with Crippen LogP contribution in [0, 0.1) is 17.7 Å². The highest BCUT2D eigenvalue weighted by Crippen LogP contribution is 2.65. The average Bonchev–Trinajstić information content (AvgIpc) is 3.38. The third kappa shape index (κ3) is 2.01. The quantitative estimate of drug-likeness (QED) is 0.868. The molecule has 0 aliphatic heterocycles. The van der Waals surface area contributed by atoms with E-state index in [1.807, 2.05) is 0 Å². The van der Waals surface area contributed by atoms with Crippen molar-refractivity contribution in [2.24, 2.45) is 17.7 Å². The van der Waals surface area contributed by atoms with Crippen molar-refractivity contribution in [3.05, 3.63) is 26.7 Å². The van der Waals surface area contributed by atoms with E-state index >= 15 is 0 Å². The van der Waals surface area contributed by atoms with Gasteiger partial charge in [0.2, 0.25) is 0 Å². The molecule has 1 N–H and O–H groups in total. The van der Waals surface area contributed by atoms with Crippen molar-refractivity contribution in [1.29, 1.82) is 0 Å². The third-order valence-electron chi connectivity index (χ3n) is 4.39. The number of nitrogens with zero attached hydrogens (tertiary/aromatic N) is 3. The summed E-state index contributed by atoms with van der Waals surface area (Å²) in [5, 5.41) is 0. The Hall–Kier alpha value is -1.85. The SMILES string of the molecule is [2H]C([2H])([2H])CCn1c(=O)n(C([2H])([2H])C([2H])([2H])C([2H])([2H])[2H])c(=O)c2[nH]c(C34C([2H])([2H])C5([2H])C([2H])([2H])C([2H])(C([2H])([2H])C3([2H])C5([2H])[2H])C4([2H])[2H])nc21. The Bertz CT molecular complexity index is 1850. The summed E-state index contributed by atoms with van der Waals surface area (Å²) in [6, 6.07) is 0. The lowest BCUT2D eigenvalue weighted by atomic mass is 9.75. The van der Waals surface area contributed by atoms with Gasteiger partial charge in [0.05, 0.1) is 2.74 Å². The van der Waals surface area contributed by atoms with E-state index in [1.54, 1.807) is 0 Å². The van der Waals surface area contributed by atoms with Gasteiger partial charge in [-0.15, -0.1) is 0 Å². The van der Waals surface area contributed by atoms with Crippen LogP contribution in [0.3, 0.4) is 0 Å². The Balaban J connectivity index is 2.01. The first kappa shape index (κ1) is 4.95. The summed E-state index contributed by atoms with van der Waals surface area (Å²) in [4.78, 5) is 33.5. The number of imidazole rings is 1. The van der Waals surface area contributed by atoms with Crippen molar-refractivity contribution in [2.45, 2.75) is 76.8 Å². The Labute approximate surface area is 184 Å². The van der Waals surface area contributed by atoms with E-state index < -0.39 is 127 Å². The van der Waals surface area contributed by atoms with Gasteiger partial charge in [-0.3, -0.25) is 13.9 Å². The number of aromatic nitrogens is 4. The molecule has 4 aliphatic rings. The van der Waals surface area contributed by atoms with Gasteiger partial charge in [0, 0.05) is 47.2 Å². The molecular formula is C20H28N4O2. The molecule has 4 saturated carbocycles. The van der Waals surface area contributed by atoms with Crippen molar-refractivity contribution in [2.75, 3.05) is 0 Å². The zero-order valence-corrected chi connectivity index (χ0v) is 13.1. The molecule has 4 aliphatic carbocycles. The molecule has 4 fully saturated rings. The fraction of sp³-hybridized carbons (Fsp3) is 0.750. The molecular weight excluding hydrogens is 328 g/mol. The first-order valence-electron chi connectivity index (χ1n) is 19.1. The average molecular weight is 380 g/mol. The minimum Gasteiger partial charge on any atom is -0.336 e.